The van der Waals surface area contributed by atoms with Crippen LogP contribution in [0.15, 0.2) is 0 Å². The zero-order valence-electron chi connectivity index (χ0n) is 11.4. The predicted molar refractivity (Wildman–Crippen MR) is 68.1 cm³/mol. The van der Waals surface area contributed by atoms with Gasteiger partial charge in [-0.05, 0) is 13.3 Å². The summed E-state index contributed by atoms with van der Waals surface area (Å²) in [7, 11) is 3.29. The van der Waals surface area contributed by atoms with Crippen LogP contribution in [0.1, 0.15) is 26.7 Å². The summed E-state index contributed by atoms with van der Waals surface area (Å²) in [5.74, 6) is -0.000689. The number of nitrogens with one attached hydrogen (secondary N) is 2. The molecule has 2 N–H and O–H groups in total. The number of carbonyl (C=O) groups is 1. The Hall–Kier alpha value is -0.650. The van der Waals surface area contributed by atoms with Gasteiger partial charge >= 0.3 is 0 Å². The van der Waals surface area contributed by atoms with Crippen molar-refractivity contribution in [1.29, 1.82) is 0 Å². The first kappa shape index (κ1) is 16.4. The summed E-state index contributed by atoms with van der Waals surface area (Å²) >= 11 is 0. The van der Waals surface area contributed by atoms with Crippen molar-refractivity contribution in [1.82, 2.24) is 10.6 Å². The largest absolute Gasteiger partial charge is 0.383 e. The molecule has 0 radical (unpaired) electrons. The van der Waals surface area contributed by atoms with Gasteiger partial charge in [0.05, 0.1) is 19.3 Å². The number of carbonyl (C=O) groups excluding carboxylic acids is 1. The summed E-state index contributed by atoms with van der Waals surface area (Å²) in [4.78, 5) is 11.7. The summed E-state index contributed by atoms with van der Waals surface area (Å²) in [6.45, 7) is 5.69. The van der Waals surface area contributed by atoms with Crippen LogP contribution < -0.4 is 10.6 Å². The molecule has 5 heteroatoms. The van der Waals surface area contributed by atoms with E-state index in [-0.39, 0.29) is 18.0 Å². The Morgan fingerprint density at radius 1 is 1.29 bits per heavy atom. The molecule has 0 aromatic heterocycles. The van der Waals surface area contributed by atoms with Gasteiger partial charge in [-0.15, -0.1) is 0 Å². The molecule has 5 nitrogen and oxygen atoms in total. The van der Waals surface area contributed by atoms with Gasteiger partial charge in [-0.25, -0.2) is 0 Å². The molecule has 0 saturated carbocycles. The molecule has 2 atom stereocenters. The molecule has 102 valence electrons. The summed E-state index contributed by atoms with van der Waals surface area (Å²) in [6, 6.07) is 0.0201. The van der Waals surface area contributed by atoms with Gasteiger partial charge in [0.2, 0.25) is 5.91 Å². The highest BCUT2D eigenvalue weighted by Gasteiger charge is 2.16. The lowest BCUT2D eigenvalue weighted by Crippen LogP contribution is -2.48. The zero-order chi connectivity index (χ0) is 13.1. The van der Waals surface area contributed by atoms with Crippen LogP contribution in [0.5, 0.6) is 0 Å². The summed E-state index contributed by atoms with van der Waals surface area (Å²) in [6.07, 6.45) is 2.07. The molecule has 0 saturated heterocycles. The van der Waals surface area contributed by atoms with Crippen LogP contribution in [0.2, 0.25) is 0 Å². The molecule has 0 aliphatic heterocycles. The molecular formula is C12H26N2O3. The third kappa shape index (κ3) is 8.12. The highest BCUT2D eigenvalue weighted by Crippen LogP contribution is 1.99. The van der Waals surface area contributed by atoms with E-state index in [0.717, 1.165) is 12.8 Å². The van der Waals surface area contributed by atoms with Gasteiger partial charge in [0.1, 0.15) is 0 Å². The number of hydrogen-bond acceptors (Lipinski definition) is 4. The smallest absolute Gasteiger partial charge is 0.236 e. The molecule has 1 amide bonds. The molecule has 0 aliphatic carbocycles. The Morgan fingerprint density at radius 3 is 2.53 bits per heavy atom. The van der Waals surface area contributed by atoms with E-state index < -0.39 is 0 Å². The fraction of sp³-hybridized carbons (Fsp3) is 0.917. The van der Waals surface area contributed by atoms with Crippen molar-refractivity contribution < 1.29 is 14.3 Å². The first-order valence-corrected chi connectivity index (χ1v) is 6.17. The Morgan fingerprint density at radius 2 is 2.00 bits per heavy atom. The summed E-state index contributed by atoms with van der Waals surface area (Å²) < 4.78 is 10.00. The third-order valence-corrected chi connectivity index (χ3v) is 2.49. The lowest BCUT2D eigenvalue weighted by molar-refractivity contribution is -0.123. The number of ether oxygens (including phenoxy) is 2. The molecule has 0 aromatic carbocycles. The second kappa shape index (κ2) is 10.5. The van der Waals surface area contributed by atoms with E-state index in [0.29, 0.717) is 19.8 Å². The van der Waals surface area contributed by atoms with E-state index in [9.17, 15) is 4.79 Å². The van der Waals surface area contributed by atoms with Crippen LogP contribution in [0.3, 0.4) is 0 Å². The van der Waals surface area contributed by atoms with E-state index in [1.807, 2.05) is 6.92 Å². The Balaban J connectivity index is 3.92. The normalized spacial score (nSPS) is 14.4. The highest BCUT2D eigenvalue weighted by atomic mass is 16.5. The van der Waals surface area contributed by atoms with Crippen molar-refractivity contribution in [2.75, 3.05) is 34.0 Å². The quantitative estimate of drug-likeness (QED) is 0.552. The molecule has 0 aliphatic rings. The van der Waals surface area contributed by atoms with Crippen LogP contribution in [-0.4, -0.2) is 52.0 Å². The van der Waals surface area contributed by atoms with Crippen molar-refractivity contribution in [2.45, 2.75) is 38.8 Å². The van der Waals surface area contributed by atoms with Crippen LogP contribution in [-0.2, 0) is 14.3 Å². The lowest BCUT2D eigenvalue weighted by Gasteiger charge is -2.21. The van der Waals surface area contributed by atoms with Crippen molar-refractivity contribution in [2.24, 2.45) is 0 Å². The van der Waals surface area contributed by atoms with Gasteiger partial charge in [0.15, 0.2) is 0 Å². The number of hydrogen-bond donors (Lipinski definition) is 2. The average Bonchev–Trinajstić information content (AvgIpc) is 2.29. The van der Waals surface area contributed by atoms with Gasteiger partial charge in [-0.2, -0.15) is 0 Å². The number of amides is 1. The SMILES string of the molecule is CCCC(COC)NC(C)C(=O)NCCOC. The molecule has 0 heterocycles. The van der Waals surface area contributed by atoms with E-state index in [2.05, 4.69) is 17.6 Å². The van der Waals surface area contributed by atoms with Crippen molar-refractivity contribution in [3.05, 3.63) is 0 Å². The molecule has 2 unspecified atom stereocenters. The van der Waals surface area contributed by atoms with Gasteiger partial charge in [0, 0.05) is 26.8 Å². The van der Waals surface area contributed by atoms with Gasteiger partial charge in [-0.3, -0.25) is 4.79 Å². The van der Waals surface area contributed by atoms with E-state index in [1.54, 1.807) is 14.2 Å². The third-order valence-electron chi connectivity index (χ3n) is 2.49. The maximum atomic E-state index is 11.7. The number of rotatable bonds is 10. The second-order valence-electron chi connectivity index (χ2n) is 4.11. The first-order chi connectivity index (χ1) is 8.15. The minimum absolute atomic E-state index is 0.000689. The summed E-state index contributed by atoms with van der Waals surface area (Å²) in [5.41, 5.74) is 0. The maximum absolute atomic E-state index is 11.7. The van der Waals surface area contributed by atoms with E-state index in [4.69, 9.17) is 9.47 Å². The van der Waals surface area contributed by atoms with E-state index >= 15 is 0 Å². The first-order valence-electron chi connectivity index (χ1n) is 6.17. The minimum Gasteiger partial charge on any atom is -0.383 e. The van der Waals surface area contributed by atoms with Gasteiger partial charge in [-0.1, -0.05) is 13.3 Å². The van der Waals surface area contributed by atoms with Crippen LogP contribution in [0.25, 0.3) is 0 Å². The standard InChI is InChI=1S/C12H26N2O3/c1-5-6-11(9-17-4)14-10(2)12(15)13-7-8-16-3/h10-11,14H,5-9H2,1-4H3,(H,13,15). The van der Waals surface area contributed by atoms with Gasteiger partial charge in [0.25, 0.3) is 0 Å². The Labute approximate surface area is 104 Å². The van der Waals surface area contributed by atoms with Crippen LogP contribution in [0.4, 0.5) is 0 Å². The van der Waals surface area contributed by atoms with Crippen molar-refractivity contribution in [3.8, 4) is 0 Å². The van der Waals surface area contributed by atoms with Crippen LogP contribution in [0, 0.1) is 0 Å². The highest BCUT2D eigenvalue weighted by molar-refractivity contribution is 5.81. The van der Waals surface area contributed by atoms with E-state index in [1.165, 1.54) is 0 Å². The topological polar surface area (TPSA) is 59.6 Å². The Bertz CT molecular complexity index is 194. The molecule has 0 spiro atoms. The average molecular weight is 246 g/mol. The molecule has 0 rings (SSSR count). The zero-order valence-corrected chi connectivity index (χ0v) is 11.4. The molecular weight excluding hydrogens is 220 g/mol. The van der Waals surface area contributed by atoms with Crippen molar-refractivity contribution in [3.63, 3.8) is 0 Å². The lowest BCUT2D eigenvalue weighted by atomic mass is 10.1. The summed E-state index contributed by atoms with van der Waals surface area (Å²) in [5, 5.41) is 6.07. The molecule has 0 bridgehead atoms. The predicted octanol–water partition coefficient (Wildman–Crippen LogP) is 0.542. The van der Waals surface area contributed by atoms with Crippen LogP contribution >= 0.6 is 0 Å². The molecule has 17 heavy (non-hydrogen) atoms. The number of methoxy groups -OCH3 is 2. The second-order valence-corrected chi connectivity index (χ2v) is 4.11. The fourth-order valence-electron chi connectivity index (χ4n) is 1.62. The molecule has 0 fully saturated rings. The fourth-order valence-corrected chi connectivity index (χ4v) is 1.62. The molecule has 0 aromatic rings. The van der Waals surface area contributed by atoms with Gasteiger partial charge < -0.3 is 20.1 Å². The Kier molecular flexibility index (Phi) is 10.1. The monoisotopic (exact) mass is 246 g/mol. The maximum Gasteiger partial charge on any atom is 0.236 e. The minimum atomic E-state index is -0.210. The van der Waals surface area contributed by atoms with Crippen molar-refractivity contribution >= 4 is 5.91 Å².